The van der Waals surface area contributed by atoms with Crippen LogP contribution in [0.25, 0.3) is 0 Å². The minimum Gasteiger partial charge on any atom is -0.271 e. The van der Waals surface area contributed by atoms with Gasteiger partial charge in [0.05, 0.1) is 18.7 Å². The molecule has 6 nitrogen and oxygen atoms in total. The summed E-state index contributed by atoms with van der Waals surface area (Å²) < 4.78 is 38.0. The fraction of sp³-hybridized carbons (Fsp3) is 0.364. The van der Waals surface area contributed by atoms with Crippen LogP contribution in [0.4, 0.5) is 13.2 Å². The van der Waals surface area contributed by atoms with E-state index in [1.54, 1.807) is 13.1 Å². The molecule has 1 atom stereocenters. The van der Waals surface area contributed by atoms with E-state index in [1.807, 2.05) is 0 Å². The van der Waals surface area contributed by atoms with Crippen molar-refractivity contribution in [3.63, 3.8) is 0 Å². The van der Waals surface area contributed by atoms with Crippen molar-refractivity contribution in [2.45, 2.75) is 18.6 Å². The zero-order valence-electron chi connectivity index (χ0n) is 10.6. The molecule has 108 valence electrons. The van der Waals surface area contributed by atoms with Crippen molar-refractivity contribution in [1.29, 1.82) is 0 Å². The molecule has 0 amide bonds. The highest BCUT2D eigenvalue weighted by Gasteiger charge is 2.31. The number of nitrogens with two attached hydrogens (primary N) is 1. The van der Waals surface area contributed by atoms with Gasteiger partial charge in [0, 0.05) is 6.42 Å². The zero-order valence-corrected chi connectivity index (χ0v) is 10.6. The van der Waals surface area contributed by atoms with Gasteiger partial charge in [0.1, 0.15) is 0 Å². The summed E-state index contributed by atoms with van der Waals surface area (Å²) >= 11 is 0. The number of aromatic nitrogens is 4. The topological polar surface area (TPSA) is 81.7 Å². The maximum Gasteiger partial charge on any atom is 0.416 e. The van der Waals surface area contributed by atoms with Gasteiger partial charge in [-0.2, -0.15) is 18.0 Å². The van der Waals surface area contributed by atoms with Crippen LogP contribution in [-0.4, -0.2) is 20.2 Å². The minimum absolute atomic E-state index is 0.242. The molecule has 2 aromatic rings. The van der Waals surface area contributed by atoms with Gasteiger partial charge < -0.3 is 0 Å². The lowest BCUT2D eigenvalue weighted by molar-refractivity contribution is -0.137. The first-order valence-electron chi connectivity index (χ1n) is 5.76. The number of aryl methyl sites for hydroxylation is 1. The van der Waals surface area contributed by atoms with Gasteiger partial charge in [0.2, 0.25) is 0 Å². The van der Waals surface area contributed by atoms with Crippen molar-refractivity contribution in [3.8, 4) is 0 Å². The second kappa shape index (κ2) is 5.55. The van der Waals surface area contributed by atoms with Crippen LogP contribution in [0.5, 0.6) is 0 Å². The van der Waals surface area contributed by atoms with Gasteiger partial charge in [0.25, 0.3) is 0 Å². The first kappa shape index (κ1) is 14.4. The SMILES string of the molecule is Cn1nnc(CC(NN)c2cccc(C(F)(F)F)c2)n1. The van der Waals surface area contributed by atoms with Crippen LogP contribution in [0.15, 0.2) is 24.3 Å². The lowest BCUT2D eigenvalue weighted by Crippen LogP contribution is -2.30. The number of tetrazole rings is 1. The Morgan fingerprint density at radius 2 is 2.15 bits per heavy atom. The summed E-state index contributed by atoms with van der Waals surface area (Å²) in [6, 6.07) is 4.45. The Morgan fingerprint density at radius 1 is 1.40 bits per heavy atom. The van der Waals surface area contributed by atoms with Crippen LogP contribution in [0.3, 0.4) is 0 Å². The van der Waals surface area contributed by atoms with Gasteiger partial charge in [-0.05, 0) is 22.9 Å². The first-order chi connectivity index (χ1) is 9.40. The first-order valence-corrected chi connectivity index (χ1v) is 5.76. The number of hydrogen-bond acceptors (Lipinski definition) is 5. The summed E-state index contributed by atoms with van der Waals surface area (Å²) in [5, 5.41) is 11.4. The van der Waals surface area contributed by atoms with Gasteiger partial charge in [-0.1, -0.05) is 12.1 Å². The summed E-state index contributed by atoms with van der Waals surface area (Å²) in [5.41, 5.74) is 2.16. The predicted molar refractivity (Wildman–Crippen MR) is 64.0 cm³/mol. The molecule has 0 bridgehead atoms. The molecule has 1 aromatic heterocycles. The monoisotopic (exact) mass is 286 g/mol. The fourth-order valence-electron chi connectivity index (χ4n) is 1.79. The Balaban J connectivity index is 2.23. The van der Waals surface area contributed by atoms with E-state index in [0.29, 0.717) is 11.4 Å². The lowest BCUT2D eigenvalue weighted by Gasteiger charge is -2.16. The summed E-state index contributed by atoms with van der Waals surface area (Å²) in [4.78, 5) is 1.27. The number of nitrogens with one attached hydrogen (secondary N) is 1. The molecule has 20 heavy (non-hydrogen) atoms. The average Bonchev–Trinajstić information content (AvgIpc) is 2.81. The van der Waals surface area contributed by atoms with Crippen molar-refractivity contribution in [3.05, 3.63) is 41.2 Å². The molecule has 0 saturated carbocycles. The number of halogens is 3. The van der Waals surface area contributed by atoms with Gasteiger partial charge in [-0.25, -0.2) is 0 Å². The highest BCUT2D eigenvalue weighted by molar-refractivity contribution is 5.28. The molecule has 3 N–H and O–H groups in total. The van der Waals surface area contributed by atoms with Gasteiger partial charge in [-0.3, -0.25) is 11.3 Å². The molecule has 1 unspecified atom stereocenters. The molecule has 0 spiro atoms. The van der Waals surface area contributed by atoms with E-state index in [2.05, 4.69) is 20.8 Å². The highest BCUT2D eigenvalue weighted by atomic mass is 19.4. The van der Waals surface area contributed by atoms with Crippen LogP contribution >= 0.6 is 0 Å². The molecule has 0 aliphatic carbocycles. The average molecular weight is 286 g/mol. The summed E-state index contributed by atoms with van der Waals surface area (Å²) in [7, 11) is 1.60. The van der Waals surface area contributed by atoms with Crippen LogP contribution in [-0.2, 0) is 19.6 Å². The quantitative estimate of drug-likeness (QED) is 0.646. The van der Waals surface area contributed by atoms with E-state index in [-0.39, 0.29) is 6.42 Å². The highest BCUT2D eigenvalue weighted by Crippen LogP contribution is 2.31. The van der Waals surface area contributed by atoms with Crippen molar-refractivity contribution < 1.29 is 13.2 Å². The van der Waals surface area contributed by atoms with Crippen LogP contribution < -0.4 is 11.3 Å². The van der Waals surface area contributed by atoms with Crippen LogP contribution in [0, 0.1) is 0 Å². The van der Waals surface area contributed by atoms with E-state index in [1.165, 1.54) is 10.9 Å². The summed E-state index contributed by atoms with van der Waals surface area (Å²) in [5.74, 6) is 5.80. The maximum absolute atomic E-state index is 12.7. The number of hydrogen-bond donors (Lipinski definition) is 2. The maximum atomic E-state index is 12.7. The number of hydrazine groups is 1. The predicted octanol–water partition coefficient (Wildman–Crippen LogP) is 0.976. The third-order valence-electron chi connectivity index (χ3n) is 2.75. The molecule has 0 aliphatic heterocycles. The molecule has 0 radical (unpaired) electrons. The molecular weight excluding hydrogens is 273 g/mol. The van der Waals surface area contributed by atoms with Crippen molar-refractivity contribution in [1.82, 2.24) is 25.6 Å². The second-order valence-corrected chi connectivity index (χ2v) is 4.24. The van der Waals surface area contributed by atoms with E-state index in [4.69, 9.17) is 5.84 Å². The van der Waals surface area contributed by atoms with E-state index in [9.17, 15) is 13.2 Å². The van der Waals surface area contributed by atoms with Crippen molar-refractivity contribution >= 4 is 0 Å². The Morgan fingerprint density at radius 3 is 2.70 bits per heavy atom. The Hall–Kier alpha value is -2.00. The van der Waals surface area contributed by atoms with E-state index < -0.39 is 17.8 Å². The second-order valence-electron chi connectivity index (χ2n) is 4.24. The number of alkyl halides is 3. The van der Waals surface area contributed by atoms with Gasteiger partial charge >= 0.3 is 6.18 Å². The molecular formula is C11H13F3N6. The standard InChI is InChI=1S/C11H13F3N6/c1-20-18-10(17-19-20)6-9(16-15)7-3-2-4-8(5-7)11(12,13)14/h2-5,9,16H,6,15H2,1H3. The molecule has 1 aromatic carbocycles. The fourth-order valence-corrected chi connectivity index (χ4v) is 1.79. The summed E-state index contributed by atoms with van der Waals surface area (Å²) in [6.45, 7) is 0. The van der Waals surface area contributed by atoms with Gasteiger partial charge in [-0.15, -0.1) is 10.2 Å². The normalized spacial score (nSPS) is 13.4. The number of benzene rings is 1. The minimum atomic E-state index is -4.39. The van der Waals surface area contributed by atoms with Crippen LogP contribution in [0.1, 0.15) is 23.0 Å². The molecule has 1 heterocycles. The third-order valence-corrected chi connectivity index (χ3v) is 2.75. The smallest absolute Gasteiger partial charge is 0.271 e. The molecule has 0 fully saturated rings. The van der Waals surface area contributed by atoms with Crippen molar-refractivity contribution in [2.75, 3.05) is 0 Å². The molecule has 2 rings (SSSR count). The van der Waals surface area contributed by atoms with E-state index in [0.717, 1.165) is 12.1 Å². The van der Waals surface area contributed by atoms with Gasteiger partial charge in [0.15, 0.2) is 5.82 Å². The zero-order chi connectivity index (χ0) is 14.8. The number of nitrogens with zero attached hydrogens (tertiary/aromatic N) is 4. The third kappa shape index (κ3) is 3.31. The largest absolute Gasteiger partial charge is 0.416 e. The van der Waals surface area contributed by atoms with Crippen LogP contribution in [0.2, 0.25) is 0 Å². The van der Waals surface area contributed by atoms with Crippen molar-refractivity contribution in [2.24, 2.45) is 12.9 Å². The lowest BCUT2D eigenvalue weighted by atomic mass is 10.0. The Labute approximate surface area is 112 Å². The Bertz CT molecular complexity index is 580. The molecule has 9 heteroatoms. The molecule has 0 aliphatic rings. The number of rotatable bonds is 4. The van der Waals surface area contributed by atoms with E-state index >= 15 is 0 Å². The Kier molecular flexibility index (Phi) is 4.00. The summed E-state index contributed by atoms with van der Waals surface area (Å²) in [6.07, 6.45) is -4.15. The molecule has 0 saturated heterocycles.